The van der Waals surface area contributed by atoms with Gasteiger partial charge in [0.05, 0.1) is 13.2 Å². The smallest absolute Gasteiger partial charge is 0.143 e. The van der Waals surface area contributed by atoms with Crippen LogP contribution in [0, 0.1) is 0 Å². The van der Waals surface area contributed by atoms with Crippen molar-refractivity contribution in [1.29, 1.82) is 0 Å². The molecule has 0 atom stereocenters. The average Bonchev–Trinajstić information content (AvgIpc) is 2.73. The number of fused-ring (bicyclic) bond motifs is 1. The molecule has 0 bridgehead atoms. The molecule has 0 aromatic carbocycles. The molecule has 112 valence electrons. The van der Waals surface area contributed by atoms with E-state index in [-0.39, 0.29) is 6.61 Å². The van der Waals surface area contributed by atoms with Crippen molar-refractivity contribution in [2.24, 2.45) is 0 Å². The summed E-state index contributed by atoms with van der Waals surface area (Å²) in [7, 11) is -0.525. The molecule has 0 fully saturated rings. The van der Waals surface area contributed by atoms with Gasteiger partial charge in [-0.2, -0.15) is 0 Å². The Hall–Kier alpha value is -0.560. The van der Waals surface area contributed by atoms with Gasteiger partial charge in [-0.15, -0.1) is 0 Å². The van der Waals surface area contributed by atoms with Gasteiger partial charge in [0, 0.05) is 33.6 Å². The Morgan fingerprint density at radius 2 is 2.15 bits per heavy atom. The van der Waals surface area contributed by atoms with Crippen LogP contribution in [0.2, 0.25) is 0 Å². The summed E-state index contributed by atoms with van der Waals surface area (Å²) in [5, 5.41) is 10.4. The van der Waals surface area contributed by atoms with Gasteiger partial charge in [0.15, 0.2) is 0 Å². The molecule has 0 aliphatic heterocycles. The molecule has 0 aliphatic carbocycles. The van der Waals surface area contributed by atoms with Crippen molar-refractivity contribution < 1.29 is 9.84 Å². The van der Waals surface area contributed by atoms with E-state index in [2.05, 4.69) is 39.7 Å². The Kier molecular flexibility index (Phi) is 5.12. The van der Waals surface area contributed by atoms with Crippen LogP contribution in [0.1, 0.15) is 5.56 Å². The lowest BCUT2D eigenvalue weighted by molar-refractivity contribution is 0.0921. The molecule has 0 spiro atoms. The second-order valence-corrected chi connectivity index (χ2v) is 11.0. The number of halogens is 1. The molecule has 4 nitrogen and oxygen atoms in total. The Labute approximate surface area is 129 Å². The van der Waals surface area contributed by atoms with Gasteiger partial charge in [-0.05, 0) is 40.8 Å². The number of aromatic nitrogens is 2. The number of ether oxygens (including phenoxy) is 1. The molecule has 0 saturated carbocycles. The van der Waals surface area contributed by atoms with Gasteiger partial charge in [0.1, 0.15) is 12.4 Å². The Balaban J connectivity index is 2.13. The van der Waals surface area contributed by atoms with E-state index in [0.717, 1.165) is 33.4 Å². The first kappa shape index (κ1) is 15.8. The molecule has 0 aliphatic rings. The van der Waals surface area contributed by atoms with Gasteiger partial charge in [-0.3, -0.25) is 0 Å². The molecule has 6 heteroatoms. The molecule has 2 rings (SSSR count). The molecular formula is C14H21BrN2O2S. The lowest BCUT2D eigenvalue weighted by Gasteiger charge is -2.24. The third kappa shape index (κ3) is 3.75. The second-order valence-electron chi connectivity index (χ2n) is 5.61. The third-order valence-electron chi connectivity index (χ3n) is 3.03. The van der Waals surface area contributed by atoms with Crippen LogP contribution >= 0.6 is 26.0 Å². The van der Waals surface area contributed by atoms with Crippen LogP contribution in [0.5, 0.6) is 0 Å². The van der Waals surface area contributed by atoms with Crippen LogP contribution in [0.3, 0.4) is 0 Å². The minimum Gasteiger partial charge on any atom is -0.392 e. The summed E-state index contributed by atoms with van der Waals surface area (Å²) >= 11 is 3.51. The zero-order chi connectivity index (χ0) is 14.8. The maximum Gasteiger partial charge on any atom is 0.143 e. The van der Waals surface area contributed by atoms with E-state index < -0.39 is 10.0 Å². The van der Waals surface area contributed by atoms with Gasteiger partial charge < -0.3 is 14.4 Å². The Morgan fingerprint density at radius 3 is 2.80 bits per heavy atom. The number of pyridine rings is 1. The summed E-state index contributed by atoms with van der Waals surface area (Å²) in [4.78, 5) is 4.39. The molecule has 0 radical (unpaired) electrons. The summed E-state index contributed by atoms with van der Waals surface area (Å²) in [5.74, 6) is 1.09. The summed E-state index contributed by atoms with van der Waals surface area (Å²) in [6.45, 7) is 1.22. The first-order chi connectivity index (χ1) is 9.42. The SMILES string of the molecule is CS(C)(C)CCOCn1cc(CO)c2c(Br)ccnc21. The van der Waals surface area contributed by atoms with Gasteiger partial charge in [-0.1, -0.05) is 0 Å². The number of rotatable bonds is 6. The molecule has 2 aromatic rings. The molecule has 20 heavy (non-hydrogen) atoms. The monoisotopic (exact) mass is 360 g/mol. The van der Waals surface area contributed by atoms with Crippen molar-refractivity contribution in [3.8, 4) is 0 Å². The normalized spacial score (nSPS) is 13.1. The summed E-state index contributed by atoms with van der Waals surface area (Å²) in [6.07, 6.45) is 10.5. The quantitative estimate of drug-likeness (QED) is 0.805. The average molecular weight is 361 g/mol. The zero-order valence-electron chi connectivity index (χ0n) is 12.1. The highest BCUT2D eigenvalue weighted by Crippen LogP contribution is 2.33. The van der Waals surface area contributed by atoms with Crippen molar-refractivity contribution in [1.82, 2.24) is 9.55 Å². The van der Waals surface area contributed by atoms with Gasteiger partial charge >= 0.3 is 0 Å². The molecule has 1 N–H and O–H groups in total. The first-order valence-corrected chi connectivity index (χ1v) is 10.2. The van der Waals surface area contributed by atoms with Gasteiger partial charge in [0.25, 0.3) is 0 Å². The van der Waals surface area contributed by atoms with Gasteiger partial charge in [0.2, 0.25) is 0 Å². The van der Waals surface area contributed by atoms with Crippen LogP contribution < -0.4 is 0 Å². The summed E-state index contributed by atoms with van der Waals surface area (Å²) in [5.41, 5.74) is 1.71. The largest absolute Gasteiger partial charge is 0.392 e. The number of nitrogens with zero attached hydrogens (tertiary/aromatic N) is 2. The molecule has 0 saturated heterocycles. The van der Waals surface area contributed by atoms with Crippen molar-refractivity contribution in [2.45, 2.75) is 13.3 Å². The van der Waals surface area contributed by atoms with Crippen molar-refractivity contribution >= 4 is 37.0 Å². The Morgan fingerprint density at radius 1 is 1.40 bits per heavy atom. The fourth-order valence-corrected chi connectivity index (χ4v) is 3.11. The van der Waals surface area contributed by atoms with E-state index in [9.17, 15) is 5.11 Å². The maximum atomic E-state index is 9.45. The number of hydrogen-bond donors (Lipinski definition) is 1. The van der Waals surface area contributed by atoms with Crippen molar-refractivity contribution in [2.75, 3.05) is 31.1 Å². The van der Waals surface area contributed by atoms with E-state index in [1.807, 2.05) is 16.8 Å². The molecular weight excluding hydrogens is 340 g/mol. The lowest BCUT2D eigenvalue weighted by Crippen LogP contribution is -2.09. The molecule has 0 unspecified atom stereocenters. The zero-order valence-corrected chi connectivity index (χ0v) is 14.5. The van der Waals surface area contributed by atoms with E-state index in [4.69, 9.17) is 4.74 Å². The Bertz CT molecular complexity index is 593. The summed E-state index contributed by atoms with van der Waals surface area (Å²) in [6, 6.07) is 1.88. The standard InChI is InChI=1S/C14H21BrN2O2S/c1-20(2,3)7-6-19-10-17-8-11(9-18)13-12(15)4-5-16-14(13)17/h4-5,8,18H,6-7,9-10H2,1-3H3. The molecule has 2 aromatic heterocycles. The minimum atomic E-state index is -0.525. The fourth-order valence-electron chi connectivity index (χ4n) is 1.95. The third-order valence-corrected chi connectivity index (χ3v) is 5.08. The number of aliphatic hydroxyl groups is 1. The van der Waals surface area contributed by atoms with E-state index in [1.165, 1.54) is 0 Å². The highest BCUT2D eigenvalue weighted by atomic mass is 79.9. The van der Waals surface area contributed by atoms with E-state index in [0.29, 0.717) is 6.73 Å². The van der Waals surface area contributed by atoms with E-state index >= 15 is 0 Å². The maximum absolute atomic E-state index is 9.45. The minimum absolute atomic E-state index is 0.0000669. The highest BCUT2D eigenvalue weighted by Gasteiger charge is 2.12. The molecule has 0 amide bonds. The number of aliphatic hydroxyl groups excluding tert-OH is 1. The van der Waals surface area contributed by atoms with Gasteiger partial charge in [-0.25, -0.2) is 15.0 Å². The molecule has 2 heterocycles. The van der Waals surface area contributed by atoms with Crippen LogP contribution in [-0.4, -0.2) is 45.8 Å². The first-order valence-electron chi connectivity index (χ1n) is 6.39. The van der Waals surface area contributed by atoms with Crippen LogP contribution in [0.4, 0.5) is 0 Å². The lowest BCUT2D eigenvalue weighted by atomic mass is 10.2. The predicted molar refractivity (Wildman–Crippen MR) is 89.5 cm³/mol. The topological polar surface area (TPSA) is 47.3 Å². The van der Waals surface area contributed by atoms with Crippen LogP contribution in [-0.2, 0) is 18.1 Å². The number of hydrogen-bond acceptors (Lipinski definition) is 3. The predicted octanol–water partition coefficient (Wildman–Crippen LogP) is 2.96. The summed E-state index contributed by atoms with van der Waals surface area (Å²) < 4.78 is 8.65. The highest BCUT2D eigenvalue weighted by molar-refractivity contribution is 9.10. The fraction of sp³-hybridized carbons (Fsp3) is 0.500. The van der Waals surface area contributed by atoms with Crippen LogP contribution in [0.15, 0.2) is 22.9 Å². The van der Waals surface area contributed by atoms with Crippen LogP contribution in [0.25, 0.3) is 11.0 Å². The van der Waals surface area contributed by atoms with E-state index in [1.54, 1.807) is 6.20 Å². The second kappa shape index (κ2) is 6.47. The van der Waals surface area contributed by atoms with Crippen molar-refractivity contribution in [3.05, 3.63) is 28.5 Å². The van der Waals surface area contributed by atoms with Crippen molar-refractivity contribution in [3.63, 3.8) is 0 Å².